The second kappa shape index (κ2) is 7.42. The van der Waals surface area contributed by atoms with Gasteiger partial charge in [-0.25, -0.2) is 4.79 Å². The zero-order valence-electron chi connectivity index (χ0n) is 13.8. The lowest BCUT2D eigenvalue weighted by atomic mass is 10.1. The molecule has 3 rings (SSSR count). The van der Waals surface area contributed by atoms with Gasteiger partial charge >= 0.3 is 6.03 Å². The number of likely N-dealkylation sites (N-methyl/N-ethyl adjacent to an activating group) is 1. The molecule has 0 unspecified atom stereocenters. The molecule has 6 nitrogen and oxygen atoms in total. The smallest absolute Gasteiger partial charge is 0.328 e. The maximum Gasteiger partial charge on any atom is 0.328 e. The number of halogens is 1. The predicted molar refractivity (Wildman–Crippen MR) is 98.9 cm³/mol. The Morgan fingerprint density at radius 3 is 2.73 bits per heavy atom. The molecule has 1 saturated heterocycles. The quantitative estimate of drug-likeness (QED) is 0.616. The average Bonchev–Trinajstić information content (AvgIpc) is 2.88. The van der Waals surface area contributed by atoms with Gasteiger partial charge in [-0.05, 0) is 30.3 Å². The lowest BCUT2D eigenvalue weighted by molar-refractivity contribution is -0.121. The molecule has 130 valence electrons. The van der Waals surface area contributed by atoms with Crippen LogP contribution in [-0.2, 0) is 11.4 Å². The van der Waals surface area contributed by atoms with Gasteiger partial charge < -0.3 is 10.1 Å². The molecule has 0 atom stereocenters. The number of hydrogen-bond donors (Lipinski definition) is 1. The van der Waals surface area contributed by atoms with Crippen molar-refractivity contribution in [3.8, 4) is 11.8 Å². The third-order valence-electron chi connectivity index (χ3n) is 3.87. The summed E-state index contributed by atoms with van der Waals surface area (Å²) in [6, 6.07) is 14.2. The number of amides is 3. The van der Waals surface area contributed by atoms with Gasteiger partial charge in [0, 0.05) is 22.6 Å². The van der Waals surface area contributed by atoms with E-state index in [1.807, 2.05) is 18.2 Å². The first kappa shape index (κ1) is 17.7. The molecule has 2 aromatic carbocycles. The summed E-state index contributed by atoms with van der Waals surface area (Å²) in [6.07, 6.45) is 1.57. The van der Waals surface area contributed by atoms with Crippen molar-refractivity contribution < 1.29 is 14.3 Å². The molecular formula is C19H14BrN3O3. The van der Waals surface area contributed by atoms with E-state index in [0.29, 0.717) is 16.9 Å². The van der Waals surface area contributed by atoms with Gasteiger partial charge in [-0.3, -0.25) is 9.69 Å². The van der Waals surface area contributed by atoms with Gasteiger partial charge in [0.25, 0.3) is 5.91 Å². The molecule has 0 aliphatic carbocycles. The van der Waals surface area contributed by atoms with Crippen LogP contribution in [0.1, 0.15) is 16.7 Å². The van der Waals surface area contributed by atoms with Crippen LogP contribution in [0.2, 0.25) is 0 Å². The first-order valence-electron chi connectivity index (χ1n) is 7.70. The molecule has 26 heavy (non-hydrogen) atoms. The Balaban J connectivity index is 1.89. The molecule has 3 amide bonds. The highest BCUT2D eigenvalue weighted by atomic mass is 79.9. The maximum atomic E-state index is 12.1. The Kier molecular flexibility index (Phi) is 5.05. The van der Waals surface area contributed by atoms with Crippen molar-refractivity contribution in [1.29, 1.82) is 5.26 Å². The Morgan fingerprint density at radius 1 is 1.27 bits per heavy atom. The molecule has 7 heteroatoms. The van der Waals surface area contributed by atoms with Crippen LogP contribution in [0.25, 0.3) is 6.08 Å². The zero-order chi connectivity index (χ0) is 18.7. The van der Waals surface area contributed by atoms with E-state index < -0.39 is 11.9 Å². The first-order chi connectivity index (χ1) is 12.5. The zero-order valence-corrected chi connectivity index (χ0v) is 15.4. The molecular weight excluding hydrogens is 398 g/mol. The van der Waals surface area contributed by atoms with E-state index in [2.05, 4.69) is 27.3 Å². The normalized spacial score (nSPS) is 15.1. The Hall–Kier alpha value is -3.11. The molecule has 1 aliphatic rings. The molecule has 0 saturated carbocycles. The van der Waals surface area contributed by atoms with Crippen LogP contribution in [0.5, 0.6) is 5.75 Å². The second-order valence-corrected chi connectivity index (χ2v) is 6.51. The van der Waals surface area contributed by atoms with Crippen molar-refractivity contribution in [3.05, 3.63) is 69.3 Å². The van der Waals surface area contributed by atoms with E-state index in [4.69, 9.17) is 4.74 Å². The molecule has 2 aromatic rings. The summed E-state index contributed by atoms with van der Waals surface area (Å²) in [5, 5.41) is 11.7. The number of hydrogen-bond acceptors (Lipinski definition) is 4. The second-order valence-electron chi connectivity index (χ2n) is 5.59. The minimum Gasteiger partial charge on any atom is -0.488 e. The number of ether oxygens (including phenoxy) is 1. The third-order valence-corrected chi connectivity index (χ3v) is 4.37. The fourth-order valence-corrected chi connectivity index (χ4v) is 2.83. The summed E-state index contributed by atoms with van der Waals surface area (Å²) in [4.78, 5) is 24.7. The van der Waals surface area contributed by atoms with E-state index in [1.165, 1.54) is 7.05 Å². The van der Waals surface area contributed by atoms with Gasteiger partial charge in [-0.2, -0.15) is 5.26 Å². The largest absolute Gasteiger partial charge is 0.488 e. The highest BCUT2D eigenvalue weighted by molar-refractivity contribution is 9.10. The number of nitriles is 1. The highest BCUT2D eigenvalue weighted by Gasteiger charge is 2.30. The van der Waals surface area contributed by atoms with Crippen LogP contribution in [0.3, 0.4) is 0 Å². The summed E-state index contributed by atoms with van der Waals surface area (Å²) < 4.78 is 6.67. The third kappa shape index (κ3) is 3.60. The molecule has 1 aliphatic heterocycles. The molecule has 1 fully saturated rings. The summed E-state index contributed by atoms with van der Waals surface area (Å²) in [5.41, 5.74) is 2.12. The summed E-state index contributed by atoms with van der Waals surface area (Å²) in [7, 11) is 1.41. The van der Waals surface area contributed by atoms with Crippen LogP contribution in [0.15, 0.2) is 52.6 Å². The van der Waals surface area contributed by atoms with E-state index >= 15 is 0 Å². The molecule has 0 spiro atoms. The Bertz CT molecular complexity index is 963. The average molecular weight is 412 g/mol. The highest BCUT2D eigenvalue weighted by Crippen LogP contribution is 2.27. The van der Waals surface area contributed by atoms with Crippen LogP contribution < -0.4 is 10.1 Å². The minimum atomic E-state index is -0.471. The van der Waals surface area contributed by atoms with Gasteiger partial charge in [0.1, 0.15) is 18.1 Å². The summed E-state index contributed by atoms with van der Waals surface area (Å²) in [5.74, 6) is 0.126. The summed E-state index contributed by atoms with van der Waals surface area (Å²) in [6.45, 7) is 0.210. The van der Waals surface area contributed by atoms with Crippen LogP contribution in [-0.4, -0.2) is 23.9 Å². The predicted octanol–water partition coefficient (Wildman–Crippen LogP) is 3.42. The molecule has 1 heterocycles. The minimum absolute atomic E-state index is 0.179. The van der Waals surface area contributed by atoms with Crippen molar-refractivity contribution in [2.75, 3.05) is 7.05 Å². The monoisotopic (exact) mass is 411 g/mol. The van der Waals surface area contributed by atoms with E-state index in [1.54, 1.807) is 30.3 Å². The van der Waals surface area contributed by atoms with Crippen LogP contribution in [0, 0.1) is 11.3 Å². The number of benzene rings is 2. The van der Waals surface area contributed by atoms with Gasteiger partial charge in [0.2, 0.25) is 0 Å². The topological polar surface area (TPSA) is 82.4 Å². The van der Waals surface area contributed by atoms with Crippen molar-refractivity contribution in [3.63, 3.8) is 0 Å². The molecule has 0 aromatic heterocycles. The van der Waals surface area contributed by atoms with Crippen molar-refractivity contribution in [2.24, 2.45) is 0 Å². The van der Waals surface area contributed by atoms with Crippen molar-refractivity contribution in [2.45, 2.75) is 6.61 Å². The molecule has 1 N–H and O–H groups in total. The van der Waals surface area contributed by atoms with Crippen LogP contribution in [0.4, 0.5) is 4.79 Å². The lowest BCUT2D eigenvalue weighted by Crippen LogP contribution is -2.25. The fourth-order valence-electron chi connectivity index (χ4n) is 2.45. The summed E-state index contributed by atoms with van der Waals surface area (Å²) >= 11 is 3.39. The number of rotatable bonds is 4. The van der Waals surface area contributed by atoms with Gasteiger partial charge in [0.15, 0.2) is 0 Å². The number of nitrogens with zero attached hydrogens (tertiary/aromatic N) is 2. The van der Waals surface area contributed by atoms with Gasteiger partial charge in [-0.15, -0.1) is 0 Å². The Morgan fingerprint density at radius 2 is 2.04 bits per heavy atom. The van der Waals surface area contributed by atoms with E-state index in [-0.39, 0.29) is 12.3 Å². The van der Waals surface area contributed by atoms with E-state index in [9.17, 15) is 14.9 Å². The van der Waals surface area contributed by atoms with Gasteiger partial charge in [0.05, 0.1) is 11.6 Å². The SMILES string of the molecule is CN1C(=O)N/C(=C/c2cc(Br)ccc2OCc2ccccc2C#N)C1=O. The number of carbonyl (C=O) groups is 2. The molecule has 0 bridgehead atoms. The first-order valence-corrected chi connectivity index (χ1v) is 8.50. The number of urea groups is 1. The van der Waals surface area contributed by atoms with Crippen molar-refractivity contribution >= 4 is 33.9 Å². The number of imide groups is 1. The standard InChI is InChI=1S/C19H14BrN3O3/c1-23-18(24)16(22-19(23)25)9-14-8-15(20)6-7-17(14)26-11-13-5-3-2-4-12(13)10-21/h2-9H,11H2,1H3,(H,22,25)/b16-9+. The van der Waals surface area contributed by atoms with Gasteiger partial charge in [-0.1, -0.05) is 34.1 Å². The fraction of sp³-hybridized carbons (Fsp3) is 0.105. The molecule has 0 radical (unpaired) electrons. The Labute approximate surface area is 158 Å². The number of nitrogens with one attached hydrogen (secondary N) is 1. The lowest BCUT2D eigenvalue weighted by Gasteiger charge is -2.11. The van der Waals surface area contributed by atoms with Crippen molar-refractivity contribution in [1.82, 2.24) is 10.2 Å². The van der Waals surface area contributed by atoms with E-state index in [0.717, 1.165) is 14.9 Å². The van der Waals surface area contributed by atoms with Crippen LogP contribution >= 0.6 is 15.9 Å². The number of carbonyl (C=O) groups excluding carboxylic acids is 2. The maximum absolute atomic E-state index is 12.1.